The third kappa shape index (κ3) is 4.15. The maximum Gasteiger partial charge on any atom is 0.302 e. The molecule has 1 fully saturated rings. The summed E-state index contributed by atoms with van der Waals surface area (Å²) in [6, 6.07) is 7.21. The molecule has 1 heterocycles. The summed E-state index contributed by atoms with van der Waals surface area (Å²) < 4.78 is 11.8. The number of carbonyl (C=O) groups excluding carboxylic acids is 2. The highest BCUT2D eigenvalue weighted by molar-refractivity contribution is 9.10. The lowest BCUT2D eigenvalue weighted by Crippen LogP contribution is -2.38. The summed E-state index contributed by atoms with van der Waals surface area (Å²) in [5.74, 6) is -0.330. The fourth-order valence-electron chi connectivity index (χ4n) is 2.29. The Morgan fingerprint density at radius 1 is 1.35 bits per heavy atom. The summed E-state index contributed by atoms with van der Waals surface area (Å²) in [6.45, 7) is 1.98. The number of rotatable bonds is 4. The Hall–Kier alpha value is -1.20. The molecular formula is C15H17BrO4. The third-order valence-electron chi connectivity index (χ3n) is 3.25. The lowest BCUT2D eigenvalue weighted by Gasteiger charge is -2.30. The SMILES string of the molecule is CC(=O)O[C@@H]1CCCO[C@@H]1CC(=O)c1ccc(Br)cc1. The van der Waals surface area contributed by atoms with Crippen molar-refractivity contribution in [2.45, 2.75) is 38.4 Å². The smallest absolute Gasteiger partial charge is 0.302 e. The first-order valence-electron chi connectivity index (χ1n) is 6.64. The molecule has 0 aromatic heterocycles. The Morgan fingerprint density at radius 2 is 2.05 bits per heavy atom. The third-order valence-corrected chi connectivity index (χ3v) is 3.78. The van der Waals surface area contributed by atoms with Crippen LogP contribution in [0.15, 0.2) is 28.7 Å². The van der Waals surface area contributed by atoms with Gasteiger partial charge in [-0.25, -0.2) is 0 Å². The predicted octanol–water partition coefficient (Wildman–Crippen LogP) is 3.13. The van der Waals surface area contributed by atoms with Crippen LogP contribution in [0.3, 0.4) is 0 Å². The highest BCUT2D eigenvalue weighted by atomic mass is 79.9. The summed E-state index contributed by atoms with van der Waals surface area (Å²) >= 11 is 3.34. The zero-order valence-corrected chi connectivity index (χ0v) is 12.9. The van der Waals surface area contributed by atoms with Crippen LogP contribution in [0.1, 0.15) is 36.5 Å². The Kier molecular flexibility index (Phi) is 5.31. The first-order chi connectivity index (χ1) is 9.56. The van der Waals surface area contributed by atoms with Gasteiger partial charge in [-0.15, -0.1) is 0 Å². The number of halogens is 1. The van der Waals surface area contributed by atoms with Crippen LogP contribution < -0.4 is 0 Å². The van der Waals surface area contributed by atoms with Gasteiger partial charge in [-0.05, 0) is 25.0 Å². The lowest BCUT2D eigenvalue weighted by molar-refractivity contribution is -0.160. The van der Waals surface area contributed by atoms with Crippen LogP contribution in [-0.4, -0.2) is 30.6 Å². The van der Waals surface area contributed by atoms with E-state index >= 15 is 0 Å². The highest BCUT2D eigenvalue weighted by Crippen LogP contribution is 2.22. The zero-order valence-electron chi connectivity index (χ0n) is 11.3. The van der Waals surface area contributed by atoms with Crippen LogP contribution in [0.2, 0.25) is 0 Å². The number of Topliss-reactive ketones (excluding diaryl/α,β-unsaturated/α-hetero) is 1. The van der Waals surface area contributed by atoms with E-state index in [2.05, 4.69) is 15.9 Å². The van der Waals surface area contributed by atoms with Crippen molar-refractivity contribution in [1.29, 1.82) is 0 Å². The molecule has 0 amide bonds. The van der Waals surface area contributed by atoms with E-state index in [1.807, 2.05) is 12.1 Å². The van der Waals surface area contributed by atoms with Gasteiger partial charge in [-0.3, -0.25) is 9.59 Å². The van der Waals surface area contributed by atoms with Gasteiger partial charge >= 0.3 is 5.97 Å². The average Bonchev–Trinajstić information content (AvgIpc) is 2.41. The van der Waals surface area contributed by atoms with Crippen LogP contribution in [0.4, 0.5) is 0 Å². The molecule has 0 spiro atoms. The number of carbonyl (C=O) groups is 2. The van der Waals surface area contributed by atoms with Crippen LogP contribution in [0.25, 0.3) is 0 Å². The standard InChI is InChI=1S/C15H17BrO4/c1-10(17)20-14-3-2-8-19-15(14)9-13(18)11-4-6-12(16)7-5-11/h4-7,14-15H,2-3,8-9H2,1H3/t14-,15-/m1/s1. The Morgan fingerprint density at radius 3 is 2.70 bits per heavy atom. The largest absolute Gasteiger partial charge is 0.460 e. The number of esters is 1. The number of hydrogen-bond acceptors (Lipinski definition) is 4. The van der Waals surface area contributed by atoms with Crippen LogP contribution in [0, 0.1) is 0 Å². The number of benzene rings is 1. The van der Waals surface area contributed by atoms with Crippen LogP contribution in [0.5, 0.6) is 0 Å². The van der Waals surface area contributed by atoms with Gasteiger partial charge in [0.1, 0.15) is 12.2 Å². The summed E-state index contributed by atoms with van der Waals surface area (Å²) in [5, 5.41) is 0. The number of hydrogen-bond donors (Lipinski definition) is 0. The van der Waals surface area contributed by atoms with E-state index in [9.17, 15) is 9.59 Å². The van der Waals surface area contributed by atoms with E-state index in [1.54, 1.807) is 12.1 Å². The maximum absolute atomic E-state index is 12.2. The molecular weight excluding hydrogens is 324 g/mol. The quantitative estimate of drug-likeness (QED) is 0.624. The van der Waals surface area contributed by atoms with Crippen LogP contribution in [-0.2, 0) is 14.3 Å². The Balaban J connectivity index is 2.00. The van der Waals surface area contributed by atoms with E-state index in [0.29, 0.717) is 12.2 Å². The number of ether oxygens (including phenoxy) is 2. The molecule has 4 nitrogen and oxygen atoms in total. The van der Waals surface area contributed by atoms with Gasteiger partial charge in [0.2, 0.25) is 0 Å². The maximum atomic E-state index is 12.2. The lowest BCUT2D eigenvalue weighted by atomic mass is 9.97. The van der Waals surface area contributed by atoms with Gasteiger partial charge in [-0.1, -0.05) is 28.1 Å². The molecule has 1 saturated heterocycles. The van der Waals surface area contributed by atoms with Gasteiger partial charge in [0.25, 0.3) is 0 Å². The summed E-state index contributed by atoms with van der Waals surface area (Å²) in [5.41, 5.74) is 0.643. The summed E-state index contributed by atoms with van der Waals surface area (Å²) in [6.07, 6.45) is 1.17. The molecule has 1 aromatic rings. The van der Waals surface area contributed by atoms with E-state index in [1.165, 1.54) is 6.92 Å². The van der Waals surface area contributed by atoms with Gasteiger partial charge in [-0.2, -0.15) is 0 Å². The molecule has 0 bridgehead atoms. The molecule has 2 atom stereocenters. The second kappa shape index (κ2) is 6.99. The van der Waals surface area contributed by atoms with Gasteiger partial charge in [0.05, 0.1) is 0 Å². The molecule has 0 radical (unpaired) electrons. The Labute approximate surface area is 126 Å². The second-order valence-corrected chi connectivity index (χ2v) is 5.75. The normalized spacial score (nSPS) is 22.3. The fourth-order valence-corrected chi connectivity index (χ4v) is 2.55. The molecule has 2 rings (SSSR count). The topological polar surface area (TPSA) is 52.6 Å². The van der Waals surface area contributed by atoms with E-state index in [-0.39, 0.29) is 30.4 Å². The first kappa shape index (κ1) is 15.2. The molecule has 0 aliphatic carbocycles. The average molecular weight is 341 g/mol. The second-order valence-electron chi connectivity index (χ2n) is 4.83. The molecule has 20 heavy (non-hydrogen) atoms. The van der Waals surface area contributed by atoms with Gasteiger partial charge in [0.15, 0.2) is 5.78 Å². The molecule has 1 aromatic carbocycles. The van der Waals surface area contributed by atoms with Crippen molar-refractivity contribution in [1.82, 2.24) is 0 Å². The molecule has 0 saturated carbocycles. The van der Waals surface area contributed by atoms with Crippen molar-refractivity contribution < 1.29 is 19.1 Å². The summed E-state index contributed by atoms with van der Waals surface area (Å²) in [4.78, 5) is 23.3. The highest BCUT2D eigenvalue weighted by Gasteiger charge is 2.30. The minimum absolute atomic E-state index is 0.00144. The molecule has 5 heteroatoms. The van der Waals surface area contributed by atoms with Crippen molar-refractivity contribution in [3.05, 3.63) is 34.3 Å². The molecule has 1 aliphatic heterocycles. The first-order valence-corrected chi connectivity index (χ1v) is 7.43. The molecule has 108 valence electrons. The molecule has 1 aliphatic rings. The van der Waals surface area contributed by atoms with E-state index in [4.69, 9.17) is 9.47 Å². The van der Waals surface area contributed by atoms with Crippen molar-refractivity contribution in [3.8, 4) is 0 Å². The molecule has 0 unspecified atom stereocenters. The minimum Gasteiger partial charge on any atom is -0.460 e. The Bertz CT molecular complexity index is 483. The summed E-state index contributed by atoms with van der Waals surface area (Å²) in [7, 11) is 0. The minimum atomic E-state index is -0.344. The van der Waals surface area contributed by atoms with Gasteiger partial charge < -0.3 is 9.47 Å². The van der Waals surface area contributed by atoms with Crippen LogP contribution >= 0.6 is 15.9 Å². The monoisotopic (exact) mass is 340 g/mol. The fraction of sp³-hybridized carbons (Fsp3) is 0.467. The van der Waals surface area contributed by atoms with Crippen molar-refractivity contribution in [2.24, 2.45) is 0 Å². The van der Waals surface area contributed by atoms with Gasteiger partial charge in [0, 0.05) is 30.0 Å². The van der Waals surface area contributed by atoms with Crippen molar-refractivity contribution >= 4 is 27.7 Å². The van der Waals surface area contributed by atoms with E-state index < -0.39 is 0 Å². The van der Waals surface area contributed by atoms with Crippen molar-refractivity contribution in [2.75, 3.05) is 6.61 Å². The zero-order chi connectivity index (χ0) is 14.5. The number of ketones is 1. The van der Waals surface area contributed by atoms with E-state index in [0.717, 1.165) is 17.3 Å². The predicted molar refractivity (Wildman–Crippen MR) is 77.6 cm³/mol. The van der Waals surface area contributed by atoms with Crippen molar-refractivity contribution in [3.63, 3.8) is 0 Å². The molecule has 0 N–H and O–H groups in total.